The molecule has 0 bridgehead atoms. The largest absolute Gasteiger partial charge is 0.309 e. The fraction of sp³-hybridized carbons (Fsp3) is 0.0833. The summed E-state index contributed by atoms with van der Waals surface area (Å²) in [6.07, 6.45) is 9.91. The van der Waals surface area contributed by atoms with Crippen LogP contribution in [-0.4, -0.2) is 4.57 Å². The van der Waals surface area contributed by atoms with Crippen LogP contribution >= 0.6 is 0 Å². The summed E-state index contributed by atoms with van der Waals surface area (Å²) in [7, 11) is 0. The number of aromatic nitrogens is 1. The molecule has 0 spiro atoms. The molecule has 4 aromatic rings. The summed E-state index contributed by atoms with van der Waals surface area (Å²) in [5.74, 6) is 0.470. The van der Waals surface area contributed by atoms with E-state index in [4.69, 9.17) is 0 Å². The van der Waals surface area contributed by atoms with Crippen molar-refractivity contribution in [1.82, 2.24) is 4.57 Å². The molecule has 120 valence electrons. The van der Waals surface area contributed by atoms with Gasteiger partial charge in [0.25, 0.3) is 0 Å². The lowest BCUT2D eigenvalue weighted by molar-refractivity contribution is 0.852. The monoisotopic (exact) mass is 321 g/mol. The molecule has 0 amide bonds. The van der Waals surface area contributed by atoms with Gasteiger partial charge in [-0.2, -0.15) is 0 Å². The highest BCUT2D eigenvalue weighted by molar-refractivity contribution is 6.09. The van der Waals surface area contributed by atoms with Gasteiger partial charge in [0, 0.05) is 22.4 Å². The molecular weight excluding hydrogens is 302 g/mol. The Kier molecular flexibility index (Phi) is 3.31. The fourth-order valence-corrected chi connectivity index (χ4v) is 3.92. The second-order valence-corrected chi connectivity index (χ2v) is 6.62. The maximum Gasteiger partial charge on any atom is 0.0541 e. The Hall–Kier alpha value is -3.06. The number of para-hydroxylation sites is 2. The van der Waals surface area contributed by atoms with Crippen molar-refractivity contribution in [2.24, 2.45) is 0 Å². The summed E-state index contributed by atoms with van der Waals surface area (Å²) in [6, 6.07) is 26.3. The molecule has 1 heterocycles. The van der Waals surface area contributed by atoms with Crippen molar-refractivity contribution in [3.05, 3.63) is 103 Å². The van der Waals surface area contributed by atoms with Gasteiger partial charge >= 0.3 is 0 Å². The molecule has 0 aliphatic heterocycles. The quantitative estimate of drug-likeness (QED) is 0.403. The molecule has 3 aromatic carbocycles. The van der Waals surface area contributed by atoms with Crippen LogP contribution in [0.4, 0.5) is 0 Å². The molecule has 0 saturated carbocycles. The molecule has 0 saturated heterocycles. The van der Waals surface area contributed by atoms with E-state index in [0.29, 0.717) is 5.92 Å². The highest BCUT2D eigenvalue weighted by atomic mass is 15.0. The first-order chi connectivity index (χ1) is 12.4. The number of hydrogen-bond donors (Lipinski definition) is 0. The van der Waals surface area contributed by atoms with E-state index in [1.807, 2.05) is 0 Å². The summed E-state index contributed by atoms with van der Waals surface area (Å²) < 4.78 is 2.39. The van der Waals surface area contributed by atoms with Gasteiger partial charge in [-0.05, 0) is 36.2 Å². The van der Waals surface area contributed by atoms with Crippen LogP contribution in [0.25, 0.3) is 27.5 Å². The number of nitrogens with zero attached hydrogens (tertiary/aromatic N) is 1. The van der Waals surface area contributed by atoms with E-state index in [-0.39, 0.29) is 0 Å². The SMILES string of the molecule is C1=CCC(c2cccc(-n3c4ccccc4c4ccccc43)c2)C=C1. The van der Waals surface area contributed by atoms with Gasteiger partial charge in [0.1, 0.15) is 0 Å². The first-order valence-corrected chi connectivity index (χ1v) is 8.84. The molecule has 1 atom stereocenters. The van der Waals surface area contributed by atoms with Crippen LogP contribution in [0.5, 0.6) is 0 Å². The summed E-state index contributed by atoms with van der Waals surface area (Å²) in [5, 5.41) is 2.62. The van der Waals surface area contributed by atoms with Gasteiger partial charge in [-0.25, -0.2) is 0 Å². The van der Waals surface area contributed by atoms with Gasteiger partial charge in [-0.3, -0.25) is 0 Å². The summed E-state index contributed by atoms with van der Waals surface area (Å²) >= 11 is 0. The van der Waals surface area contributed by atoms with Crippen LogP contribution in [0.2, 0.25) is 0 Å². The van der Waals surface area contributed by atoms with E-state index in [0.717, 1.165) is 6.42 Å². The Morgan fingerprint density at radius 3 is 2.12 bits per heavy atom. The second kappa shape index (κ2) is 5.78. The molecule has 0 N–H and O–H groups in total. The summed E-state index contributed by atoms with van der Waals surface area (Å²) in [5.41, 5.74) is 5.14. The zero-order valence-electron chi connectivity index (χ0n) is 14.0. The summed E-state index contributed by atoms with van der Waals surface area (Å²) in [6.45, 7) is 0. The fourth-order valence-electron chi connectivity index (χ4n) is 3.92. The molecule has 0 radical (unpaired) electrons. The smallest absolute Gasteiger partial charge is 0.0541 e. The molecule has 1 unspecified atom stereocenters. The van der Waals surface area contributed by atoms with Crippen molar-refractivity contribution in [3.8, 4) is 5.69 Å². The number of allylic oxidation sites excluding steroid dienone is 4. The third-order valence-corrected chi connectivity index (χ3v) is 5.12. The number of hydrogen-bond acceptors (Lipinski definition) is 0. The Balaban J connectivity index is 1.75. The van der Waals surface area contributed by atoms with Crippen molar-refractivity contribution in [1.29, 1.82) is 0 Å². The third kappa shape index (κ3) is 2.32. The molecule has 1 heteroatoms. The topological polar surface area (TPSA) is 4.93 Å². The average molecular weight is 321 g/mol. The Bertz CT molecular complexity index is 1070. The van der Waals surface area contributed by atoms with Gasteiger partial charge < -0.3 is 4.57 Å². The molecule has 1 aliphatic rings. The minimum atomic E-state index is 0.470. The molecule has 1 aromatic heterocycles. The molecule has 5 rings (SSSR count). The predicted octanol–water partition coefficient (Wildman–Crippen LogP) is 6.38. The lowest BCUT2D eigenvalue weighted by atomic mass is 9.92. The lowest BCUT2D eigenvalue weighted by Crippen LogP contribution is -1.99. The van der Waals surface area contributed by atoms with Crippen molar-refractivity contribution >= 4 is 21.8 Å². The van der Waals surface area contributed by atoms with E-state index >= 15 is 0 Å². The Labute approximate surface area is 147 Å². The van der Waals surface area contributed by atoms with Gasteiger partial charge in [0.15, 0.2) is 0 Å². The minimum Gasteiger partial charge on any atom is -0.309 e. The average Bonchev–Trinajstić information content (AvgIpc) is 3.03. The summed E-state index contributed by atoms with van der Waals surface area (Å²) in [4.78, 5) is 0. The highest BCUT2D eigenvalue weighted by Gasteiger charge is 2.13. The van der Waals surface area contributed by atoms with Crippen LogP contribution in [-0.2, 0) is 0 Å². The molecule has 1 nitrogen and oxygen atoms in total. The maximum atomic E-state index is 2.39. The van der Waals surface area contributed by atoms with E-state index in [1.165, 1.54) is 33.1 Å². The second-order valence-electron chi connectivity index (χ2n) is 6.62. The van der Waals surface area contributed by atoms with E-state index in [9.17, 15) is 0 Å². The van der Waals surface area contributed by atoms with Crippen molar-refractivity contribution in [2.75, 3.05) is 0 Å². The number of benzene rings is 3. The van der Waals surface area contributed by atoms with Crippen molar-refractivity contribution in [3.63, 3.8) is 0 Å². The van der Waals surface area contributed by atoms with Crippen LogP contribution in [0.15, 0.2) is 97.1 Å². The van der Waals surface area contributed by atoms with Gasteiger partial charge in [-0.1, -0.05) is 72.8 Å². The van der Waals surface area contributed by atoms with Gasteiger partial charge in [0.2, 0.25) is 0 Å². The zero-order chi connectivity index (χ0) is 16.6. The van der Waals surface area contributed by atoms with Gasteiger partial charge in [-0.15, -0.1) is 0 Å². The molecule has 25 heavy (non-hydrogen) atoms. The Morgan fingerprint density at radius 1 is 0.720 bits per heavy atom. The van der Waals surface area contributed by atoms with Crippen LogP contribution in [0.1, 0.15) is 17.9 Å². The van der Waals surface area contributed by atoms with Crippen molar-refractivity contribution in [2.45, 2.75) is 12.3 Å². The molecular formula is C24H19N. The minimum absolute atomic E-state index is 0.470. The molecule has 1 aliphatic carbocycles. The van der Waals surface area contributed by atoms with Crippen LogP contribution < -0.4 is 0 Å². The number of fused-ring (bicyclic) bond motifs is 3. The van der Waals surface area contributed by atoms with Gasteiger partial charge in [0.05, 0.1) is 11.0 Å². The maximum absolute atomic E-state index is 2.39. The van der Waals surface area contributed by atoms with Crippen LogP contribution in [0.3, 0.4) is 0 Å². The first-order valence-electron chi connectivity index (χ1n) is 8.84. The van der Waals surface area contributed by atoms with E-state index < -0.39 is 0 Å². The predicted molar refractivity (Wildman–Crippen MR) is 106 cm³/mol. The highest BCUT2D eigenvalue weighted by Crippen LogP contribution is 2.33. The molecule has 0 fully saturated rings. The third-order valence-electron chi connectivity index (χ3n) is 5.12. The van der Waals surface area contributed by atoms with Crippen LogP contribution in [0, 0.1) is 0 Å². The normalized spacial score (nSPS) is 16.7. The van der Waals surface area contributed by atoms with Crippen molar-refractivity contribution < 1.29 is 0 Å². The Morgan fingerprint density at radius 2 is 1.44 bits per heavy atom. The lowest BCUT2D eigenvalue weighted by Gasteiger charge is -2.16. The standard InChI is InChI=1S/C24H19N/c1-2-9-18(10-3-1)19-11-8-12-20(17-19)25-23-15-6-4-13-21(23)22-14-5-7-16-24(22)25/h1-9,11-18H,10H2. The first kappa shape index (κ1) is 14.3. The number of rotatable bonds is 2. The van der Waals surface area contributed by atoms with E-state index in [2.05, 4.69) is 102 Å². The van der Waals surface area contributed by atoms with E-state index in [1.54, 1.807) is 0 Å². The zero-order valence-corrected chi connectivity index (χ0v) is 14.0.